The molecule has 4 rings (SSSR count). The molecule has 0 atom stereocenters. The number of sulfonamides is 1. The van der Waals surface area contributed by atoms with E-state index >= 15 is 0 Å². The first-order valence-corrected chi connectivity index (χ1v) is 9.56. The monoisotopic (exact) mass is 384 g/mol. The second-order valence-corrected chi connectivity index (χ2v) is 7.73. The highest BCUT2D eigenvalue weighted by Crippen LogP contribution is 2.26. The molecule has 3 aromatic carbocycles. The van der Waals surface area contributed by atoms with Gasteiger partial charge in [0.25, 0.3) is 10.0 Å². The molecule has 7 heteroatoms. The molecule has 27 heavy (non-hydrogen) atoms. The minimum Gasteiger partial charge on any atom is -0.355 e. The van der Waals surface area contributed by atoms with Gasteiger partial charge in [-0.1, -0.05) is 12.1 Å². The smallest absolute Gasteiger partial charge is 0.261 e. The number of hydrogen-bond acceptors (Lipinski definition) is 2. The maximum atomic E-state index is 13.3. The third kappa shape index (κ3) is 3.54. The Labute approximate surface area is 154 Å². The predicted octanol–water partition coefficient (Wildman–Crippen LogP) is 4.91. The molecule has 4 nitrogen and oxygen atoms in total. The largest absolute Gasteiger partial charge is 0.355 e. The van der Waals surface area contributed by atoms with Gasteiger partial charge in [0.15, 0.2) is 0 Å². The minimum absolute atomic E-state index is 0.0226. The highest BCUT2D eigenvalue weighted by Gasteiger charge is 2.14. The van der Waals surface area contributed by atoms with Crippen LogP contribution in [0.4, 0.5) is 14.5 Å². The van der Waals surface area contributed by atoms with Gasteiger partial charge in [-0.25, -0.2) is 17.2 Å². The Morgan fingerprint density at radius 3 is 2.15 bits per heavy atom. The molecule has 0 fully saturated rings. The van der Waals surface area contributed by atoms with Gasteiger partial charge in [-0.3, -0.25) is 4.72 Å². The Kier molecular flexibility index (Phi) is 4.16. The van der Waals surface area contributed by atoms with Crippen molar-refractivity contribution in [2.45, 2.75) is 4.90 Å². The van der Waals surface area contributed by atoms with E-state index in [9.17, 15) is 17.2 Å². The fraction of sp³-hybridized carbons (Fsp3) is 0. The summed E-state index contributed by atoms with van der Waals surface area (Å²) in [4.78, 5) is 3.17. The number of rotatable bonds is 4. The molecule has 2 N–H and O–H groups in total. The summed E-state index contributed by atoms with van der Waals surface area (Å²) >= 11 is 0. The van der Waals surface area contributed by atoms with Crippen LogP contribution in [0.5, 0.6) is 0 Å². The molecule has 136 valence electrons. The van der Waals surface area contributed by atoms with Crippen molar-refractivity contribution in [3.63, 3.8) is 0 Å². The Hall–Kier alpha value is -3.19. The highest BCUT2D eigenvalue weighted by atomic mass is 32.2. The lowest BCUT2D eigenvalue weighted by atomic mass is 10.1. The Morgan fingerprint density at radius 1 is 0.778 bits per heavy atom. The molecule has 0 aliphatic heterocycles. The number of fused-ring (bicyclic) bond motifs is 1. The van der Waals surface area contributed by atoms with Crippen molar-refractivity contribution in [2.75, 3.05) is 4.72 Å². The lowest BCUT2D eigenvalue weighted by Gasteiger charge is -2.08. The van der Waals surface area contributed by atoms with Gasteiger partial charge in [-0.05, 0) is 66.2 Å². The zero-order valence-corrected chi connectivity index (χ0v) is 14.7. The number of nitrogens with one attached hydrogen (secondary N) is 2. The molecule has 0 unspecified atom stereocenters. The molecule has 0 spiro atoms. The van der Waals surface area contributed by atoms with Gasteiger partial charge >= 0.3 is 0 Å². The van der Waals surface area contributed by atoms with Crippen LogP contribution in [0.15, 0.2) is 77.7 Å². The number of anilines is 1. The summed E-state index contributed by atoms with van der Waals surface area (Å²) in [6.07, 6.45) is 0. The van der Waals surface area contributed by atoms with Crippen molar-refractivity contribution < 1.29 is 17.2 Å². The first-order chi connectivity index (χ1) is 12.9. The summed E-state index contributed by atoms with van der Waals surface area (Å²) in [6.45, 7) is 0. The molecule has 0 radical (unpaired) electrons. The number of hydrogen-bond donors (Lipinski definition) is 2. The third-order valence-electron chi connectivity index (χ3n) is 4.15. The van der Waals surface area contributed by atoms with Crippen LogP contribution in [0.25, 0.3) is 22.2 Å². The minimum atomic E-state index is -3.80. The molecule has 0 aliphatic rings. The summed E-state index contributed by atoms with van der Waals surface area (Å²) in [5, 5.41) is 0.756. The predicted molar refractivity (Wildman–Crippen MR) is 101 cm³/mol. The average Bonchev–Trinajstić information content (AvgIpc) is 3.05. The van der Waals surface area contributed by atoms with Crippen LogP contribution in [-0.2, 0) is 10.0 Å². The summed E-state index contributed by atoms with van der Waals surface area (Å²) in [5.41, 5.74) is 2.82. The van der Waals surface area contributed by atoms with E-state index in [4.69, 9.17) is 0 Å². The van der Waals surface area contributed by atoms with Crippen LogP contribution < -0.4 is 4.72 Å². The van der Waals surface area contributed by atoms with Gasteiger partial charge in [0.1, 0.15) is 11.6 Å². The molecule has 1 aromatic heterocycles. The maximum absolute atomic E-state index is 13.3. The molecule has 0 saturated heterocycles. The topological polar surface area (TPSA) is 62.0 Å². The molecule has 0 aliphatic carbocycles. The fourth-order valence-corrected chi connectivity index (χ4v) is 3.86. The van der Waals surface area contributed by atoms with Crippen LogP contribution in [-0.4, -0.2) is 13.4 Å². The molecule has 0 bridgehead atoms. The second-order valence-electron chi connectivity index (χ2n) is 6.05. The van der Waals surface area contributed by atoms with E-state index in [0.29, 0.717) is 5.69 Å². The van der Waals surface area contributed by atoms with Crippen molar-refractivity contribution >= 4 is 26.6 Å². The van der Waals surface area contributed by atoms with Crippen LogP contribution in [0.2, 0.25) is 0 Å². The van der Waals surface area contributed by atoms with Crippen molar-refractivity contribution in [1.29, 1.82) is 0 Å². The summed E-state index contributed by atoms with van der Waals surface area (Å²) in [7, 11) is -3.80. The lowest BCUT2D eigenvalue weighted by Crippen LogP contribution is -2.12. The second kappa shape index (κ2) is 6.51. The van der Waals surface area contributed by atoms with Gasteiger partial charge in [0, 0.05) is 22.3 Å². The van der Waals surface area contributed by atoms with Gasteiger partial charge in [-0.15, -0.1) is 0 Å². The lowest BCUT2D eigenvalue weighted by molar-refractivity contribution is 0.599. The Morgan fingerprint density at radius 2 is 1.44 bits per heavy atom. The molecule has 0 amide bonds. The van der Waals surface area contributed by atoms with E-state index in [1.165, 1.54) is 24.3 Å². The first-order valence-electron chi connectivity index (χ1n) is 8.08. The van der Waals surface area contributed by atoms with E-state index in [-0.39, 0.29) is 10.7 Å². The van der Waals surface area contributed by atoms with Crippen LogP contribution in [0, 0.1) is 11.6 Å². The quantitative estimate of drug-likeness (QED) is 0.525. The first kappa shape index (κ1) is 17.2. The van der Waals surface area contributed by atoms with Crippen LogP contribution in [0.1, 0.15) is 0 Å². The molecule has 4 aromatic rings. The van der Waals surface area contributed by atoms with E-state index in [1.807, 2.05) is 6.07 Å². The number of benzene rings is 3. The summed E-state index contributed by atoms with van der Waals surface area (Å²) in [5.74, 6) is -0.810. The Balaban J connectivity index is 1.58. The highest BCUT2D eigenvalue weighted by molar-refractivity contribution is 7.92. The van der Waals surface area contributed by atoms with Gasteiger partial charge < -0.3 is 4.98 Å². The van der Waals surface area contributed by atoms with Crippen molar-refractivity contribution in [3.8, 4) is 11.3 Å². The third-order valence-corrected chi connectivity index (χ3v) is 5.55. The molecular weight excluding hydrogens is 370 g/mol. The maximum Gasteiger partial charge on any atom is 0.261 e. The van der Waals surface area contributed by atoms with E-state index < -0.39 is 15.8 Å². The molecular formula is C20H14F2N2O2S. The molecule has 1 heterocycles. The van der Waals surface area contributed by atoms with Crippen molar-refractivity contribution in [1.82, 2.24) is 4.98 Å². The number of aromatic amines is 1. The van der Waals surface area contributed by atoms with Gasteiger partial charge in [-0.2, -0.15) is 0 Å². The SMILES string of the molecule is O=S(=O)(Nc1ccc(-c2cc3cc(F)ccc3[nH]2)cc1)c1ccc(F)cc1. The average molecular weight is 384 g/mol. The van der Waals surface area contributed by atoms with Gasteiger partial charge in [0.2, 0.25) is 0 Å². The Bertz CT molecular complexity index is 1220. The number of H-pyrrole nitrogens is 1. The van der Waals surface area contributed by atoms with Crippen molar-refractivity contribution in [3.05, 3.63) is 84.4 Å². The summed E-state index contributed by atoms with van der Waals surface area (Å²) in [6, 6.07) is 17.7. The number of aromatic nitrogens is 1. The normalized spacial score (nSPS) is 11.6. The van der Waals surface area contributed by atoms with Crippen LogP contribution >= 0.6 is 0 Å². The zero-order chi connectivity index (χ0) is 19.0. The standard InChI is InChI=1S/C20H14F2N2O2S/c21-15-3-8-18(9-4-15)27(25,26)24-17-6-1-13(2-7-17)20-12-14-11-16(22)5-10-19(14)23-20/h1-12,23-24H. The van der Waals surface area contributed by atoms with E-state index in [0.717, 1.165) is 34.3 Å². The number of halogens is 2. The van der Waals surface area contributed by atoms with E-state index in [2.05, 4.69) is 9.71 Å². The van der Waals surface area contributed by atoms with E-state index in [1.54, 1.807) is 30.3 Å². The van der Waals surface area contributed by atoms with Gasteiger partial charge in [0.05, 0.1) is 4.90 Å². The van der Waals surface area contributed by atoms with Crippen LogP contribution in [0.3, 0.4) is 0 Å². The summed E-state index contributed by atoms with van der Waals surface area (Å²) < 4.78 is 53.4. The molecule has 0 saturated carbocycles. The van der Waals surface area contributed by atoms with Crippen molar-refractivity contribution in [2.24, 2.45) is 0 Å². The fourth-order valence-electron chi connectivity index (χ4n) is 2.80. The zero-order valence-electron chi connectivity index (χ0n) is 13.9.